The van der Waals surface area contributed by atoms with E-state index >= 15 is 0 Å². The minimum Gasteiger partial charge on any atom is -0.402 e. The van der Waals surface area contributed by atoms with Crippen LogP contribution < -0.4 is 9.29 Å². The molecule has 0 bridgehead atoms. The van der Waals surface area contributed by atoms with E-state index in [0.717, 1.165) is 29.8 Å². The van der Waals surface area contributed by atoms with Crippen LogP contribution in [0.1, 0.15) is 12.8 Å². The van der Waals surface area contributed by atoms with Crippen molar-refractivity contribution in [1.29, 1.82) is 0 Å². The Balaban J connectivity index is 2.56. The van der Waals surface area contributed by atoms with Gasteiger partial charge < -0.3 is 4.42 Å². The number of rotatable bonds is 3. The highest BCUT2D eigenvalue weighted by atomic mass is 32.2. The standard InChI is InChI=1S/C11H15N2O3S/c1-4-13-8(2)16-11-6-5-9(7-10(11)13)12-17(3,14)15/h5-7,12H,4H2,1-3H3/q+1. The van der Waals surface area contributed by atoms with Gasteiger partial charge in [0, 0.05) is 6.07 Å². The van der Waals surface area contributed by atoms with E-state index in [0.29, 0.717) is 5.69 Å². The topological polar surface area (TPSA) is 63.2 Å². The number of fused-ring (bicyclic) bond motifs is 1. The molecule has 1 N–H and O–H groups in total. The Bertz CT molecular complexity index is 659. The maximum absolute atomic E-state index is 11.2. The van der Waals surface area contributed by atoms with Gasteiger partial charge in [-0.2, -0.15) is 4.57 Å². The molecule has 0 unspecified atom stereocenters. The first kappa shape index (κ1) is 11.9. The second kappa shape index (κ2) is 4.03. The molecule has 1 aromatic heterocycles. The average Bonchev–Trinajstić information content (AvgIpc) is 2.50. The number of nitrogens with one attached hydrogen (secondary N) is 1. The molecule has 2 rings (SSSR count). The molecule has 0 radical (unpaired) electrons. The van der Waals surface area contributed by atoms with Gasteiger partial charge in [0.2, 0.25) is 15.6 Å². The molecule has 1 aromatic carbocycles. The highest BCUT2D eigenvalue weighted by Crippen LogP contribution is 2.19. The van der Waals surface area contributed by atoms with Crippen LogP contribution in [0.4, 0.5) is 5.69 Å². The van der Waals surface area contributed by atoms with Crippen LogP contribution in [-0.2, 0) is 16.6 Å². The van der Waals surface area contributed by atoms with Crippen LogP contribution in [0.15, 0.2) is 22.6 Å². The Labute approximate surface area is 100 Å². The minimum atomic E-state index is -3.25. The van der Waals surface area contributed by atoms with Gasteiger partial charge in [0.1, 0.15) is 6.54 Å². The molecule has 0 saturated heterocycles. The van der Waals surface area contributed by atoms with Gasteiger partial charge in [0.25, 0.3) is 5.52 Å². The number of hydrogen-bond donors (Lipinski definition) is 1. The molecular formula is C11H15N2O3S+. The van der Waals surface area contributed by atoms with E-state index in [-0.39, 0.29) is 0 Å². The molecule has 0 aliphatic rings. The lowest BCUT2D eigenvalue weighted by molar-refractivity contribution is -0.679. The molecule has 0 aliphatic heterocycles. The number of aryl methyl sites for hydroxylation is 2. The van der Waals surface area contributed by atoms with Crippen LogP contribution >= 0.6 is 0 Å². The third-order valence-corrected chi connectivity index (χ3v) is 3.11. The van der Waals surface area contributed by atoms with Crippen LogP contribution in [0.3, 0.4) is 0 Å². The van der Waals surface area contributed by atoms with Crippen LogP contribution in [-0.4, -0.2) is 14.7 Å². The number of aromatic nitrogens is 1. The Hall–Kier alpha value is -1.56. The maximum atomic E-state index is 11.2. The van der Waals surface area contributed by atoms with Crippen LogP contribution in [0.25, 0.3) is 11.1 Å². The zero-order valence-electron chi connectivity index (χ0n) is 10.0. The largest absolute Gasteiger partial charge is 0.402 e. The van der Waals surface area contributed by atoms with Crippen molar-refractivity contribution in [3.8, 4) is 0 Å². The summed E-state index contributed by atoms with van der Waals surface area (Å²) in [7, 11) is -3.25. The van der Waals surface area contributed by atoms with Gasteiger partial charge in [-0.25, -0.2) is 8.42 Å². The monoisotopic (exact) mass is 255 g/mol. The van der Waals surface area contributed by atoms with Crippen molar-refractivity contribution in [1.82, 2.24) is 0 Å². The van der Waals surface area contributed by atoms with E-state index < -0.39 is 10.0 Å². The first-order valence-corrected chi connectivity index (χ1v) is 7.20. The smallest absolute Gasteiger partial charge is 0.344 e. The molecule has 0 aliphatic carbocycles. The molecule has 6 heteroatoms. The third kappa shape index (κ3) is 2.41. The molecule has 1 heterocycles. The molecule has 0 saturated carbocycles. The highest BCUT2D eigenvalue weighted by molar-refractivity contribution is 7.92. The Morgan fingerprint density at radius 3 is 2.71 bits per heavy atom. The predicted octanol–water partition coefficient (Wildman–Crippen LogP) is 1.42. The summed E-state index contributed by atoms with van der Waals surface area (Å²) in [6, 6.07) is 5.23. The Kier molecular flexibility index (Phi) is 2.82. The van der Waals surface area contributed by atoms with Crippen LogP contribution in [0, 0.1) is 6.92 Å². The summed E-state index contributed by atoms with van der Waals surface area (Å²) >= 11 is 0. The third-order valence-electron chi connectivity index (χ3n) is 2.51. The summed E-state index contributed by atoms with van der Waals surface area (Å²) in [4.78, 5) is 0. The van der Waals surface area contributed by atoms with E-state index in [1.165, 1.54) is 0 Å². The molecule has 2 aromatic rings. The fraction of sp³-hybridized carbons (Fsp3) is 0.364. The number of nitrogens with zero attached hydrogens (tertiary/aromatic N) is 1. The summed E-state index contributed by atoms with van der Waals surface area (Å²) in [5, 5.41) is 0. The number of benzene rings is 1. The van der Waals surface area contributed by atoms with E-state index in [4.69, 9.17) is 4.42 Å². The molecular weight excluding hydrogens is 240 g/mol. The molecule has 0 amide bonds. The molecule has 0 atom stereocenters. The van der Waals surface area contributed by atoms with Crippen molar-refractivity contribution in [3.05, 3.63) is 24.1 Å². The van der Waals surface area contributed by atoms with Gasteiger partial charge in [-0.05, 0) is 19.1 Å². The zero-order chi connectivity index (χ0) is 12.6. The SMILES string of the molecule is CC[n+]1c(C)oc2ccc(NS(C)(=O)=O)cc21. The van der Waals surface area contributed by atoms with Crippen molar-refractivity contribution in [2.24, 2.45) is 0 Å². The molecule has 0 fully saturated rings. The number of anilines is 1. The first-order chi connectivity index (χ1) is 7.90. The number of hydrogen-bond acceptors (Lipinski definition) is 3. The first-order valence-electron chi connectivity index (χ1n) is 5.31. The maximum Gasteiger partial charge on any atom is 0.344 e. The average molecular weight is 255 g/mol. The summed E-state index contributed by atoms with van der Waals surface area (Å²) < 4.78 is 32.3. The normalized spacial score (nSPS) is 11.9. The molecule has 0 spiro atoms. The van der Waals surface area contributed by atoms with Crippen molar-refractivity contribution >= 4 is 26.8 Å². The van der Waals surface area contributed by atoms with Crippen molar-refractivity contribution in [2.75, 3.05) is 11.0 Å². The van der Waals surface area contributed by atoms with Gasteiger partial charge >= 0.3 is 5.89 Å². The van der Waals surface area contributed by atoms with Gasteiger partial charge in [0.05, 0.1) is 18.9 Å². The number of oxazole rings is 1. The summed E-state index contributed by atoms with van der Waals surface area (Å²) in [5.41, 5.74) is 2.19. The van der Waals surface area contributed by atoms with Crippen LogP contribution in [0.2, 0.25) is 0 Å². The molecule has 5 nitrogen and oxygen atoms in total. The fourth-order valence-corrected chi connectivity index (χ4v) is 2.42. The lowest BCUT2D eigenvalue weighted by Gasteiger charge is -2.01. The van der Waals surface area contributed by atoms with Gasteiger partial charge in [-0.3, -0.25) is 4.72 Å². The van der Waals surface area contributed by atoms with E-state index in [2.05, 4.69) is 4.72 Å². The number of sulfonamides is 1. The summed E-state index contributed by atoms with van der Waals surface area (Å²) in [6.07, 6.45) is 1.13. The van der Waals surface area contributed by atoms with Crippen molar-refractivity contribution in [2.45, 2.75) is 20.4 Å². The molecule has 17 heavy (non-hydrogen) atoms. The Morgan fingerprint density at radius 2 is 2.12 bits per heavy atom. The fourth-order valence-electron chi connectivity index (χ4n) is 1.87. The van der Waals surface area contributed by atoms with Crippen LogP contribution in [0.5, 0.6) is 0 Å². The lowest BCUT2D eigenvalue weighted by atomic mass is 10.3. The van der Waals surface area contributed by atoms with E-state index in [1.54, 1.807) is 18.2 Å². The van der Waals surface area contributed by atoms with E-state index in [1.807, 2.05) is 18.4 Å². The highest BCUT2D eigenvalue weighted by Gasteiger charge is 2.18. The second-order valence-corrected chi connectivity index (χ2v) is 5.67. The molecule has 92 valence electrons. The van der Waals surface area contributed by atoms with Crippen molar-refractivity contribution < 1.29 is 17.4 Å². The van der Waals surface area contributed by atoms with E-state index in [9.17, 15) is 8.42 Å². The van der Waals surface area contributed by atoms with Gasteiger partial charge in [-0.15, -0.1) is 0 Å². The van der Waals surface area contributed by atoms with Crippen molar-refractivity contribution in [3.63, 3.8) is 0 Å². The Morgan fingerprint density at radius 1 is 1.41 bits per heavy atom. The summed E-state index contributed by atoms with van der Waals surface area (Å²) in [6.45, 7) is 4.67. The lowest BCUT2D eigenvalue weighted by Crippen LogP contribution is -2.33. The van der Waals surface area contributed by atoms with Gasteiger partial charge in [-0.1, -0.05) is 0 Å². The second-order valence-electron chi connectivity index (χ2n) is 3.92. The zero-order valence-corrected chi connectivity index (χ0v) is 10.8. The quantitative estimate of drug-likeness (QED) is 0.844. The summed E-state index contributed by atoms with van der Waals surface area (Å²) in [5.74, 6) is 0.805. The predicted molar refractivity (Wildman–Crippen MR) is 65.3 cm³/mol. The van der Waals surface area contributed by atoms with Gasteiger partial charge in [0.15, 0.2) is 0 Å². The minimum absolute atomic E-state index is 0.544.